The van der Waals surface area contributed by atoms with Crippen molar-refractivity contribution >= 4 is 19.0 Å². The number of carbonyl (C=O) groups excluding carboxylic acids is 1. The number of amides is 1. The van der Waals surface area contributed by atoms with Gasteiger partial charge in [-0.2, -0.15) is 0 Å². The van der Waals surface area contributed by atoms with Gasteiger partial charge in [-0.05, 0) is 31.0 Å². The summed E-state index contributed by atoms with van der Waals surface area (Å²) in [6.45, 7) is 3.66. The molecule has 1 fully saturated rings. The highest BCUT2D eigenvalue weighted by atomic mass is 16.4. The van der Waals surface area contributed by atoms with Crippen molar-refractivity contribution in [1.29, 1.82) is 0 Å². The SMILES string of the molecule is CC1CCC(CNC(=O)C(N)CO)C(C(=O)O)C1.CCB(O)O. The Hall–Kier alpha value is -1.16. The molecule has 1 amide bonds. The first-order valence-electron chi connectivity index (χ1n) is 7.95. The number of aliphatic hydroxyl groups excluding tert-OH is 1. The summed E-state index contributed by atoms with van der Waals surface area (Å²) in [5.41, 5.74) is 5.37. The molecule has 0 aromatic heterocycles. The van der Waals surface area contributed by atoms with E-state index in [1.165, 1.54) is 0 Å². The normalized spacial score (nSPS) is 24.9. The highest BCUT2D eigenvalue weighted by molar-refractivity contribution is 6.40. The average molecular weight is 332 g/mol. The van der Waals surface area contributed by atoms with Gasteiger partial charge in [0.05, 0.1) is 12.5 Å². The molecule has 0 heterocycles. The second-order valence-electron chi connectivity index (χ2n) is 6.05. The molecule has 9 heteroatoms. The Morgan fingerprint density at radius 2 is 1.91 bits per heavy atom. The van der Waals surface area contributed by atoms with Crippen LogP contribution in [0.4, 0.5) is 0 Å². The number of aliphatic hydroxyl groups is 1. The molecule has 0 aliphatic heterocycles. The van der Waals surface area contributed by atoms with Crippen LogP contribution in [0.2, 0.25) is 6.32 Å². The Morgan fingerprint density at radius 3 is 2.35 bits per heavy atom. The standard InChI is InChI=1S/C12H22N2O4.C2H7BO2/c1-7-2-3-8(9(4-7)12(17)18)5-14-11(16)10(13)6-15;1-2-3(4)5/h7-10,15H,2-6,13H2,1H3,(H,14,16)(H,17,18);4-5H,2H2,1H3. The molecule has 4 atom stereocenters. The van der Waals surface area contributed by atoms with Crippen LogP contribution in [0.5, 0.6) is 0 Å². The van der Waals surface area contributed by atoms with E-state index < -0.39 is 37.6 Å². The number of hydrogen-bond acceptors (Lipinski definition) is 6. The van der Waals surface area contributed by atoms with Crippen LogP contribution in [0.1, 0.15) is 33.1 Å². The van der Waals surface area contributed by atoms with Gasteiger partial charge >= 0.3 is 13.1 Å². The van der Waals surface area contributed by atoms with E-state index in [4.69, 9.17) is 26.0 Å². The Kier molecular flexibility index (Phi) is 10.8. The number of hydrogen-bond donors (Lipinski definition) is 6. The van der Waals surface area contributed by atoms with Crippen molar-refractivity contribution in [3.05, 3.63) is 0 Å². The molecule has 23 heavy (non-hydrogen) atoms. The van der Waals surface area contributed by atoms with Crippen molar-refractivity contribution < 1.29 is 29.9 Å². The summed E-state index contributed by atoms with van der Waals surface area (Å²) in [7, 11) is -1.12. The smallest absolute Gasteiger partial charge is 0.451 e. The molecule has 1 saturated carbocycles. The number of nitrogens with one attached hydrogen (secondary N) is 1. The lowest BCUT2D eigenvalue weighted by Crippen LogP contribution is -2.46. The van der Waals surface area contributed by atoms with Crippen LogP contribution in [0.3, 0.4) is 0 Å². The Morgan fingerprint density at radius 1 is 1.35 bits per heavy atom. The molecule has 0 aromatic rings. The molecule has 1 aliphatic carbocycles. The summed E-state index contributed by atoms with van der Waals surface area (Å²) in [5.74, 6) is -1.27. The zero-order valence-corrected chi connectivity index (χ0v) is 13.8. The summed E-state index contributed by atoms with van der Waals surface area (Å²) in [4.78, 5) is 22.6. The van der Waals surface area contributed by atoms with Gasteiger partial charge in [-0.3, -0.25) is 9.59 Å². The van der Waals surface area contributed by atoms with Gasteiger partial charge in [0.2, 0.25) is 5.91 Å². The molecule has 7 N–H and O–H groups in total. The largest absolute Gasteiger partial charge is 0.481 e. The fourth-order valence-corrected chi connectivity index (χ4v) is 2.44. The summed E-state index contributed by atoms with van der Waals surface area (Å²) in [5, 5.41) is 36.4. The molecule has 0 saturated heterocycles. The highest BCUT2D eigenvalue weighted by Gasteiger charge is 2.33. The highest BCUT2D eigenvalue weighted by Crippen LogP contribution is 2.33. The number of carboxylic acids is 1. The monoisotopic (exact) mass is 332 g/mol. The summed E-state index contributed by atoms with van der Waals surface area (Å²) >= 11 is 0. The Balaban J connectivity index is 0.000000841. The van der Waals surface area contributed by atoms with Crippen LogP contribution in [0, 0.1) is 17.8 Å². The molecule has 0 bridgehead atoms. The lowest BCUT2D eigenvalue weighted by atomic mass is 9.74. The van der Waals surface area contributed by atoms with E-state index in [1.54, 1.807) is 6.92 Å². The van der Waals surface area contributed by atoms with Gasteiger partial charge in [-0.25, -0.2) is 0 Å². The fourth-order valence-electron chi connectivity index (χ4n) is 2.44. The van der Waals surface area contributed by atoms with Crippen molar-refractivity contribution in [2.75, 3.05) is 13.2 Å². The first kappa shape index (κ1) is 21.8. The molecule has 0 aromatic carbocycles. The third-order valence-corrected chi connectivity index (χ3v) is 4.01. The molecule has 0 radical (unpaired) electrons. The molecule has 134 valence electrons. The van der Waals surface area contributed by atoms with Crippen molar-refractivity contribution in [2.24, 2.45) is 23.5 Å². The molecule has 4 unspecified atom stereocenters. The van der Waals surface area contributed by atoms with Crippen molar-refractivity contribution in [1.82, 2.24) is 5.32 Å². The third kappa shape index (κ3) is 8.90. The summed E-state index contributed by atoms with van der Waals surface area (Å²) < 4.78 is 0. The van der Waals surface area contributed by atoms with Gasteiger partial charge in [0.1, 0.15) is 6.04 Å². The van der Waals surface area contributed by atoms with Crippen molar-refractivity contribution in [3.63, 3.8) is 0 Å². The van der Waals surface area contributed by atoms with Crippen LogP contribution in [0.15, 0.2) is 0 Å². The van der Waals surface area contributed by atoms with Gasteiger partial charge in [-0.1, -0.05) is 20.3 Å². The minimum absolute atomic E-state index is 0.0476. The van der Waals surface area contributed by atoms with E-state index in [2.05, 4.69) is 5.32 Å². The Bertz CT molecular complexity index is 369. The van der Waals surface area contributed by atoms with Crippen LogP contribution in [0.25, 0.3) is 0 Å². The molecule has 1 rings (SSSR count). The fraction of sp³-hybridized carbons (Fsp3) is 0.857. The second-order valence-corrected chi connectivity index (χ2v) is 6.05. The second kappa shape index (κ2) is 11.4. The van der Waals surface area contributed by atoms with E-state index in [9.17, 15) is 9.59 Å². The average Bonchev–Trinajstić information content (AvgIpc) is 2.52. The maximum absolute atomic E-state index is 11.4. The first-order chi connectivity index (χ1) is 10.7. The lowest BCUT2D eigenvalue weighted by molar-refractivity contribution is -0.146. The lowest BCUT2D eigenvalue weighted by Gasteiger charge is -2.32. The maximum Gasteiger partial charge on any atom is 0.451 e. The number of nitrogens with two attached hydrogens (primary N) is 1. The van der Waals surface area contributed by atoms with Gasteiger partial charge in [0.15, 0.2) is 0 Å². The molecule has 1 aliphatic rings. The van der Waals surface area contributed by atoms with E-state index in [-0.39, 0.29) is 5.92 Å². The zero-order valence-electron chi connectivity index (χ0n) is 13.8. The molecule has 0 spiro atoms. The van der Waals surface area contributed by atoms with E-state index in [1.807, 2.05) is 6.92 Å². The van der Waals surface area contributed by atoms with Crippen LogP contribution >= 0.6 is 0 Å². The van der Waals surface area contributed by atoms with E-state index >= 15 is 0 Å². The van der Waals surface area contributed by atoms with Crippen molar-refractivity contribution in [3.8, 4) is 0 Å². The number of carbonyl (C=O) groups is 2. The number of aliphatic carboxylic acids is 1. The van der Waals surface area contributed by atoms with E-state index in [0.29, 0.717) is 25.2 Å². The summed E-state index contributed by atoms with van der Waals surface area (Å²) in [6, 6.07) is -0.934. The number of rotatable bonds is 6. The first-order valence-corrected chi connectivity index (χ1v) is 7.95. The molecular weight excluding hydrogens is 303 g/mol. The Labute approximate surface area is 137 Å². The predicted octanol–water partition coefficient (Wildman–Crippen LogP) is -0.962. The van der Waals surface area contributed by atoms with Crippen LogP contribution in [-0.2, 0) is 9.59 Å². The van der Waals surface area contributed by atoms with Crippen LogP contribution in [-0.4, -0.2) is 58.4 Å². The van der Waals surface area contributed by atoms with Gasteiger partial charge in [0.25, 0.3) is 0 Å². The third-order valence-electron chi connectivity index (χ3n) is 4.01. The van der Waals surface area contributed by atoms with Crippen molar-refractivity contribution in [2.45, 2.75) is 45.5 Å². The van der Waals surface area contributed by atoms with Gasteiger partial charge in [0, 0.05) is 6.54 Å². The maximum atomic E-state index is 11.4. The zero-order chi connectivity index (χ0) is 18.0. The predicted molar refractivity (Wildman–Crippen MR) is 86.4 cm³/mol. The minimum Gasteiger partial charge on any atom is -0.481 e. The minimum atomic E-state index is -1.12. The topological polar surface area (TPSA) is 153 Å². The van der Waals surface area contributed by atoms with E-state index in [0.717, 1.165) is 12.8 Å². The van der Waals surface area contributed by atoms with Gasteiger partial charge < -0.3 is 31.3 Å². The van der Waals surface area contributed by atoms with Crippen LogP contribution < -0.4 is 11.1 Å². The molecular formula is C14H29BN2O6. The summed E-state index contributed by atoms with van der Waals surface area (Å²) in [6.07, 6.45) is 2.85. The molecule has 8 nitrogen and oxygen atoms in total. The quantitative estimate of drug-likeness (QED) is 0.342. The number of carboxylic acid groups (broad SMARTS) is 1. The van der Waals surface area contributed by atoms with Gasteiger partial charge in [-0.15, -0.1) is 0 Å².